The van der Waals surface area contributed by atoms with Crippen LogP contribution in [0.5, 0.6) is 5.75 Å². The molecule has 0 unspecified atom stereocenters. The number of hydrogen-bond donors (Lipinski definition) is 0. The van der Waals surface area contributed by atoms with Crippen molar-refractivity contribution in [1.82, 2.24) is 0 Å². The highest BCUT2D eigenvalue weighted by molar-refractivity contribution is 5.78. The second-order valence-electron chi connectivity index (χ2n) is 6.57. The summed E-state index contributed by atoms with van der Waals surface area (Å²) in [6, 6.07) is 4.93. The molecule has 6 heteroatoms. The Labute approximate surface area is 144 Å². The Morgan fingerprint density at radius 1 is 1.00 bits per heavy atom. The minimum atomic E-state index is -4.69. The first kappa shape index (κ1) is 16.7. The van der Waals surface area contributed by atoms with Gasteiger partial charge in [0.25, 0.3) is 0 Å². The van der Waals surface area contributed by atoms with E-state index in [4.69, 9.17) is 9.47 Å². The molecule has 0 saturated carbocycles. The van der Waals surface area contributed by atoms with Crippen LogP contribution in [0.25, 0.3) is 11.1 Å². The Kier molecular flexibility index (Phi) is 4.12. The van der Waals surface area contributed by atoms with E-state index in [1.807, 2.05) is 12.1 Å². The van der Waals surface area contributed by atoms with Crippen LogP contribution < -0.4 is 4.74 Å². The molecule has 0 atom stereocenters. The van der Waals surface area contributed by atoms with Crippen molar-refractivity contribution in [2.75, 3.05) is 13.2 Å². The van der Waals surface area contributed by atoms with Gasteiger partial charge in [-0.15, -0.1) is 13.2 Å². The number of benzene rings is 1. The van der Waals surface area contributed by atoms with Crippen molar-refractivity contribution < 1.29 is 27.4 Å². The molecule has 3 nitrogen and oxygen atoms in total. The highest BCUT2D eigenvalue weighted by Crippen LogP contribution is 2.42. The van der Waals surface area contributed by atoms with E-state index in [9.17, 15) is 13.2 Å². The van der Waals surface area contributed by atoms with E-state index in [1.54, 1.807) is 6.07 Å². The highest BCUT2D eigenvalue weighted by Gasteiger charge is 2.38. The summed E-state index contributed by atoms with van der Waals surface area (Å²) in [5, 5.41) is 0. The van der Waals surface area contributed by atoms with Gasteiger partial charge in [0.2, 0.25) is 0 Å². The van der Waals surface area contributed by atoms with Crippen LogP contribution >= 0.6 is 0 Å². The number of hydrogen-bond acceptors (Lipinski definition) is 3. The van der Waals surface area contributed by atoms with Crippen molar-refractivity contribution in [3.63, 3.8) is 0 Å². The zero-order valence-electron chi connectivity index (χ0n) is 13.7. The van der Waals surface area contributed by atoms with Gasteiger partial charge < -0.3 is 14.2 Å². The SMILES string of the molecule is FC(F)(F)Oc1ccc(C2=CCC3(CC2)OCCO3)cc1C1=CCC1. The highest BCUT2D eigenvalue weighted by atomic mass is 19.4. The fourth-order valence-electron chi connectivity index (χ4n) is 3.56. The van der Waals surface area contributed by atoms with Gasteiger partial charge in [-0.1, -0.05) is 18.2 Å². The van der Waals surface area contributed by atoms with E-state index >= 15 is 0 Å². The lowest BCUT2D eigenvalue weighted by Gasteiger charge is -2.31. The van der Waals surface area contributed by atoms with Crippen LogP contribution in [0.3, 0.4) is 0 Å². The summed E-state index contributed by atoms with van der Waals surface area (Å²) < 4.78 is 53.6. The van der Waals surface area contributed by atoms with Crippen molar-refractivity contribution in [3.05, 3.63) is 41.5 Å². The van der Waals surface area contributed by atoms with Crippen LogP contribution in [0.15, 0.2) is 30.4 Å². The average molecular weight is 352 g/mol. The molecule has 0 radical (unpaired) electrons. The molecule has 1 spiro atoms. The second-order valence-corrected chi connectivity index (χ2v) is 6.57. The number of alkyl halides is 3. The molecule has 4 rings (SSSR count). The van der Waals surface area contributed by atoms with Crippen LogP contribution in [-0.2, 0) is 9.47 Å². The van der Waals surface area contributed by atoms with Crippen LogP contribution in [0.2, 0.25) is 0 Å². The summed E-state index contributed by atoms with van der Waals surface area (Å²) in [6.45, 7) is 1.23. The summed E-state index contributed by atoms with van der Waals surface area (Å²) in [7, 11) is 0. The van der Waals surface area contributed by atoms with Crippen molar-refractivity contribution in [2.45, 2.75) is 44.3 Å². The molecule has 1 saturated heterocycles. The largest absolute Gasteiger partial charge is 0.573 e. The predicted molar refractivity (Wildman–Crippen MR) is 86.8 cm³/mol. The Bertz CT molecular complexity index is 728. The van der Waals surface area contributed by atoms with Crippen molar-refractivity contribution in [2.24, 2.45) is 0 Å². The van der Waals surface area contributed by atoms with Gasteiger partial charge >= 0.3 is 6.36 Å². The van der Waals surface area contributed by atoms with E-state index in [0.29, 0.717) is 25.2 Å². The van der Waals surface area contributed by atoms with Crippen molar-refractivity contribution in [1.29, 1.82) is 0 Å². The van der Waals surface area contributed by atoms with Gasteiger partial charge in [0, 0.05) is 18.4 Å². The maximum atomic E-state index is 12.7. The molecule has 1 fully saturated rings. The predicted octanol–water partition coefficient (Wildman–Crippen LogP) is 5.07. The fourth-order valence-corrected chi connectivity index (χ4v) is 3.56. The maximum absolute atomic E-state index is 12.7. The van der Waals surface area contributed by atoms with E-state index in [-0.39, 0.29) is 5.75 Å². The van der Waals surface area contributed by atoms with Crippen LogP contribution in [0.1, 0.15) is 43.2 Å². The molecular formula is C19H19F3O3. The average Bonchev–Trinajstić information content (AvgIpc) is 2.95. The number of rotatable bonds is 3. The van der Waals surface area contributed by atoms with Gasteiger partial charge in [-0.3, -0.25) is 0 Å². The first-order valence-electron chi connectivity index (χ1n) is 8.51. The monoisotopic (exact) mass is 352 g/mol. The summed E-state index contributed by atoms with van der Waals surface area (Å²) in [5.74, 6) is -0.625. The third kappa shape index (κ3) is 3.46. The van der Waals surface area contributed by atoms with Crippen molar-refractivity contribution in [3.8, 4) is 5.75 Å². The third-order valence-corrected chi connectivity index (χ3v) is 4.97. The Balaban J connectivity index is 1.61. The smallest absolute Gasteiger partial charge is 0.405 e. The van der Waals surface area contributed by atoms with E-state index < -0.39 is 12.1 Å². The lowest BCUT2D eigenvalue weighted by Crippen LogP contribution is -2.31. The van der Waals surface area contributed by atoms with Gasteiger partial charge in [-0.05, 0) is 48.1 Å². The molecular weight excluding hydrogens is 333 g/mol. The molecule has 1 aromatic rings. The van der Waals surface area contributed by atoms with Gasteiger partial charge in [0.1, 0.15) is 5.75 Å². The summed E-state index contributed by atoms with van der Waals surface area (Å²) >= 11 is 0. The quantitative estimate of drug-likeness (QED) is 0.760. The maximum Gasteiger partial charge on any atom is 0.573 e. The van der Waals surface area contributed by atoms with Crippen LogP contribution in [0, 0.1) is 0 Å². The zero-order valence-corrected chi connectivity index (χ0v) is 13.7. The Morgan fingerprint density at radius 2 is 1.76 bits per heavy atom. The molecule has 0 bridgehead atoms. The molecule has 0 N–H and O–H groups in total. The summed E-state index contributed by atoms with van der Waals surface area (Å²) in [6.07, 6.45) is 3.22. The van der Waals surface area contributed by atoms with Gasteiger partial charge in [0.15, 0.2) is 5.79 Å². The number of ether oxygens (including phenoxy) is 3. The normalized spacial score (nSPS) is 22.4. The first-order chi connectivity index (χ1) is 11.9. The minimum Gasteiger partial charge on any atom is -0.405 e. The Hall–Kier alpha value is -1.79. The number of halogens is 3. The molecule has 25 heavy (non-hydrogen) atoms. The zero-order chi connectivity index (χ0) is 17.5. The van der Waals surface area contributed by atoms with Crippen LogP contribution in [-0.4, -0.2) is 25.4 Å². The molecule has 1 aromatic carbocycles. The van der Waals surface area contributed by atoms with Gasteiger partial charge in [0.05, 0.1) is 13.2 Å². The summed E-state index contributed by atoms with van der Waals surface area (Å²) in [4.78, 5) is 0. The van der Waals surface area contributed by atoms with Crippen LogP contribution in [0.4, 0.5) is 13.2 Å². The minimum absolute atomic E-state index is 0.127. The lowest BCUT2D eigenvalue weighted by molar-refractivity contribution is -0.274. The molecule has 0 aromatic heterocycles. The molecule has 3 aliphatic rings. The fraction of sp³-hybridized carbons (Fsp3) is 0.474. The topological polar surface area (TPSA) is 27.7 Å². The van der Waals surface area contributed by atoms with E-state index in [2.05, 4.69) is 10.8 Å². The van der Waals surface area contributed by atoms with E-state index in [1.165, 1.54) is 6.07 Å². The Morgan fingerprint density at radius 3 is 2.32 bits per heavy atom. The van der Waals surface area contributed by atoms with Gasteiger partial charge in [-0.25, -0.2) is 0 Å². The molecule has 0 amide bonds. The number of allylic oxidation sites excluding steroid dienone is 3. The first-order valence-corrected chi connectivity index (χ1v) is 8.51. The molecule has 1 aliphatic heterocycles. The third-order valence-electron chi connectivity index (χ3n) is 4.97. The summed E-state index contributed by atoms with van der Waals surface area (Å²) in [5.41, 5.74) is 3.50. The van der Waals surface area contributed by atoms with Gasteiger partial charge in [-0.2, -0.15) is 0 Å². The molecule has 134 valence electrons. The van der Waals surface area contributed by atoms with Crippen molar-refractivity contribution >= 4 is 11.1 Å². The molecule has 1 heterocycles. The molecule has 2 aliphatic carbocycles. The lowest BCUT2D eigenvalue weighted by atomic mass is 9.86. The van der Waals surface area contributed by atoms with E-state index in [0.717, 1.165) is 42.4 Å². The second kappa shape index (κ2) is 6.18. The standard InChI is InChI=1S/C19H19F3O3/c20-19(21,22)25-17-5-4-15(12-16(17)14-2-1-3-14)13-6-8-18(9-7-13)23-10-11-24-18/h2,4-6,12H,1,3,7-11H2.